The van der Waals surface area contributed by atoms with Crippen LogP contribution in [0.5, 0.6) is 0 Å². The van der Waals surface area contributed by atoms with Gasteiger partial charge in [0.05, 0.1) is 19.8 Å². The number of methoxy groups -OCH3 is 1. The van der Waals surface area contributed by atoms with E-state index in [2.05, 4.69) is 38.9 Å². The normalized spacial score (nSPS) is 24.1. The van der Waals surface area contributed by atoms with Gasteiger partial charge >= 0.3 is 5.97 Å². The van der Waals surface area contributed by atoms with Gasteiger partial charge in [-0.25, -0.2) is 4.79 Å². The zero-order valence-electron chi connectivity index (χ0n) is 16.5. The maximum atomic E-state index is 12.1. The third-order valence-electron chi connectivity index (χ3n) is 4.62. The van der Waals surface area contributed by atoms with Crippen LogP contribution >= 0.6 is 0 Å². The van der Waals surface area contributed by atoms with Crippen LogP contribution in [0.4, 0.5) is 0 Å². The van der Waals surface area contributed by atoms with Gasteiger partial charge in [0.15, 0.2) is 20.1 Å². The summed E-state index contributed by atoms with van der Waals surface area (Å²) < 4.78 is 22.4. The Morgan fingerprint density at radius 3 is 2.38 bits per heavy atom. The molecule has 0 radical (unpaired) electrons. The molecule has 0 spiro atoms. The number of rotatable bonds is 6. The van der Waals surface area contributed by atoms with Gasteiger partial charge in [-0.2, -0.15) is 0 Å². The molecule has 0 bridgehead atoms. The minimum Gasteiger partial charge on any atom is -0.467 e. The second-order valence-electron chi connectivity index (χ2n) is 8.22. The van der Waals surface area contributed by atoms with Crippen LogP contribution in [0.3, 0.4) is 0 Å². The molecule has 1 aliphatic heterocycles. The van der Waals surface area contributed by atoms with E-state index in [9.17, 15) is 4.79 Å². The fourth-order valence-electron chi connectivity index (χ4n) is 2.18. The van der Waals surface area contributed by atoms with Crippen molar-refractivity contribution < 1.29 is 23.4 Å². The Morgan fingerprint density at radius 2 is 1.96 bits per heavy atom. The molecule has 6 nitrogen and oxygen atoms in total. The van der Waals surface area contributed by atoms with Crippen LogP contribution in [-0.4, -0.2) is 58.3 Å². The van der Waals surface area contributed by atoms with Crippen molar-refractivity contribution in [2.45, 2.75) is 83.7 Å². The summed E-state index contributed by atoms with van der Waals surface area (Å²) in [5.41, 5.74) is 0. The summed E-state index contributed by atoms with van der Waals surface area (Å²) in [6.45, 7) is 16.8. The lowest BCUT2D eigenvalue weighted by atomic mass is 10.2. The molecule has 1 saturated heterocycles. The van der Waals surface area contributed by atoms with Crippen LogP contribution in [-0.2, 0) is 23.4 Å². The van der Waals surface area contributed by atoms with E-state index in [0.29, 0.717) is 6.61 Å². The number of aliphatic imine (C=N–C) groups is 1. The fraction of sp³-hybridized carbons (Fsp3) is 0.882. The predicted octanol–water partition coefficient (Wildman–Crippen LogP) is 3.16. The first-order valence-electron chi connectivity index (χ1n) is 8.40. The van der Waals surface area contributed by atoms with Crippen LogP contribution in [0.25, 0.3) is 0 Å². The van der Waals surface area contributed by atoms with Crippen molar-refractivity contribution in [2.75, 3.05) is 13.7 Å². The summed E-state index contributed by atoms with van der Waals surface area (Å²) in [6.07, 6.45) is 0.985. The van der Waals surface area contributed by atoms with Crippen LogP contribution < -0.4 is 0 Å². The Kier molecular flexibility index (Phi) is 6.77. The Hall–Kier alpha value is -0.763. The van der Waals surface area contributed by atoms with Crippen molar-refractivity contribution in [1.82, 2.24) is 0 Å². The zero-order valence-corrected chi connectivity index (χ0v) is 17.5. The van der Waals surface area contributed by atoms with Gasteiger partial charge in [0.1, 0.15) is 6.10 Å². The first-order valence-corrected chi connectivity index (χ1v) is 11.3. The van der Waals surface area contributed by atoms with Gasteiger partial charge in [-0.15, -0.1) is 0 Å². The Bertz CT molecular complexity index is 470. The van der Waals surface area contributed by atoms with Gasteiger partial charge in [0.25, 0.3) is 0 Å². The SMILES string of the molecule is COC(=O)[C@H](N=C[C@@H]1COC(C)(C)O1)[C@H](C)O[Si](C)(C)C(C)(C)C. The van der Waals surface area contributed by atoms with E-state index >= 15 is 0 Å². The molecular formula is C17H33NO5Si. The van der Waals surface area contributed by atoms with Crippen molar-refractivity contribution in [3.63, 3.8) is 0 Å². The maximum Gasteiger partial charge on any atom is 0.333 e. The molecule has 0 amide bonds. The lowest BCUT2D eigenvalue weighted by Gasteiger charge is -2.39. The third-order valence-corrected chi connectivity index (χ3v) is 9.19. The number of carbonyl (C=O) groups is 1. The summed E-state index contributed by atoms with van der Waals surface area (Å²) in [5, 5.41) is 0.0536. The highest BCUT2D eigenvalue weighted by atomic mass is 28.4. The number of esters is 1. The summed E-state index contributed by atoms with van der Waals surface area (Å²) in [4.78, 5) is 16.5. The molecule has 140 valence electrons. The van der Waals surface area contributed by atoms with E-state index < -0.39 is 26.1 Å². The summed E-state index contributed by atoms with van der Waals surface area (Å²) >= 11 is 0. The predicted molar refractivity (Wildman–Crippen MR) is 96.9 cm³/mol. The van der Waals surface area contributed by atoms with Gasteiger partial charge in [-0.3, -0.25) is 4.99 Å². The second-order valence-corrected chi connectivity index (χ2v) is 13.0. The average Bonchev–Trinajstić information content (AvgIpc) is 2.76. The standard InChI is InChI=1S/C17H33NO5Si/c1-12(23-24(8,9)16(2,3)4)14(15(19)20-7)18-10-13-11-21-17(5,6)22-13/h10,12-14H,11H2,1-9H3/t12-,13+,14+/m0/s1. The van der Waals surface area contributed by atoms with Crippen LogP contribution in [0.2, 0.25) is 18.1 Å². The molecule has 24 heavy (non-hydrogen) atoms. The molecule has 0 N–H and O–H groups in total. The van der Waals surface area contributed by atoms with Gasteiger partial charge < -0.3 is 18.6 Å². The van der Waals surface area contributed by atoms with Crippen molar-refractivity contribution in [3.05, 3.63) is 0 Å². The molecule has 7 heteroatoms. The lowest BCUT2D eigenvalue weighted by Crippen LogP contribution is -2.47. The second kappa shape index (κ2) is 7.64. The number of hydrogen-bond acceptors (Lipinski definition) is 6. The molecule has 3 atom stereocenters. The summed E-state index contributed by atoms with van der Waals surface area (Å²) in [5.74, 6) is -1.03. The van der Waals surface area contributed by atoms with E-state index in [-0.39, 0.29) is 17.2 Å². The number of hydrogen-bond donors (Lipinski definition) is 0. The molecule has 0 aromatic heterocycles. The first-order chi connectivity index (χ1) is 10.8. The van der Waals surface area contributed by atoms with E-state index in [1.165, 1.54) is 7.11 Å². The van der Waals surface area contributed by atoms with E-state index in [0.717, 1.165) is 0 Å². The Labute approximate surface area is 147 Å². The molecular weight excluding hydrogens is 326 g/mol. The van der Waals surface area contributed by atoms with E-state index in [1.807, 2.05) is 20.8 Å². The molecule has 0 aromatic rings. The third kappa shape index (κ3) is 5.65. The summed E-state index contributed by atoms with van der Waals surface area (Å²) in [6, 6.07) is -0.712. The molecule has 1 aliphatic rings. The number of ether oxygens (including phenoxy) is 3. The number of carbonyl (C=O) groups excluding carboxylic acids is 1. The topological polar surface area (TPSA) is 66.4 Å². The molecule has 1 heterocycles. The van der Waals surface area contributed by atoms with Gasteiger partial charge in [-0.1, -0.05) is 20.8 Å². The quantitative estimate of drug-likeness (QED) is 0.414. The highest BCUT2D eigenvalue weighted by Crippen LogP contribution is 2.37. The highest BCUT2D eigenvalue weighted by molar-refractivity contribution is 6.74. The van der Waals surface area contributed by atoms with Gasteiger partial charge in [0.2, 0.25) is 0 Å². The molecule has 0 unspecified atom stereocenters. The minimum absolute atomic E-state index is 0.0536. The van der Waals surface area contributed by atoms with Crippen molar-refractivity contribution >= 4 is 20.5 Å². The highest BCUT2D eigenvalue weighted by Gasteiger charge is 2.41. The molecule has 1 fully saturated rings. The fourth-order valence-corrected chi connectivity index (χ4v) is 3.59. The lowest BCUT2D eigenvalue weighted by molar-refractivity contribution is -0.144. The Morgan fingerprint density at radius 1 is 1.38 bits per heavy atom. The van der Waals surface area contributed by atoms with E-state index in [4.69, 9.17) is 18.6 Å². The molecule has 0 saturated carbocycles. The van der Waals surface area contributed by atoms with Crippen LogP contribution in [0, 0.1) is 0 Å². The monoisotopic (exact) mass is 359 g/mol. The van der Waals surface area contributed by atoms with Crippen molar-refractivity contribution in [3.8, 4) is 0 Å². The summed E-state index contributed by atoms with van der Waals surface area (Å²) in [7, 11) is -0.647. The molecule has 0 aliphatic carbocycles. The maximum absolute atomic E-state index is 12.1. The number of nitrogens with zero attached hydrogens (tertiary/aromatic N) is 1. The van der Waals surface area contributed by atoms with Crippen LogP contribution in [0.15, 0.2) is 4.99 Å². The smallest absolute Gasteiger partial charge is 0.333 e. The minimum atomic E-state index is -2.01. The zero-order chi connectivity index (χ0) is 18.8. The van der Waals surface area contributed by atoms with Gasteiger partial charge in [-0.05, 0) is 38.9 Å². The van der Waals surface area contributed by atoms with Crippen LogP contribution in [0.1, 0.15) is 41.5 Å². The molecule has 0 aromatic carbocycles. The Balaban J connectivity index is 2.84. The van der Waals surface area contributed by atoms with E-state index in [1.54, 1.807) is 6.21 Å². The molecule has 1 rings (SSSR count). The van der Waals surface area contributed by atoms with Crippen molar-refractivity contribution in [2.24, 2.45) is 4.99 Å². The average molecular weight is 360 g/mol. The van der Waals surface area contributed by atoms with Crippen molar-refractivity contribution in [1.29, 1.82) is 0 Å². The van der Waals surface area contributed by atoms with Gasteiger partial charge in [0, 0.05) is 6.21 Å². The first kappa shape index (κ1) is 21.3. The largest absolute Gasteiger partial charge is 0.467 e.